The quantitative estimate of drug-likeness (QED) is 0.629. The number of benzene rings is 1. The average molecular weight is 222 g/mol. The van der Waals surface area contributed by atoms with E-state index < -0.39 is 0 Å². The summed E-state index contributed by atoms with van der Waals surface area (Å²) < 4.78 is 5.10. The molecule has 0 atom stereocenters. The first-order valence-corrected chi connectivity index (χ1v) is 5.00. The van der Waals surface area contributed by atoms with E-state index in [1.165, 1.54) is 14.0 Å². The van der Waals surface area contributed by atoms with Crippen LogP contribution in [0.2, 0.25) is 0 Å². The van der Waals surface area contributed by atoms with Crippen molar-refractivity contribution in [2.75, 3.05) is 12.4 Å². The first-order chi connectivity index (χ1) is 7.17. The number of thiocyanates is 1. The predicted octanol–water partition coefficient (Wildman–Crippen LogP) is 2.23. The van der Waals surface area contributed by atoms with Crippen LogP contribution in [0.5, 0.6) is 5.75 Å². The third-order valence-corrected chi connectivity index (χ3v) is 2.23. The molecule has 15 heavy (non-hydrogen) atoms. The van der Waals surface area contributed by atoms with Crippen molar-refractivity contribution >= 4 is 23.4 Å². The zero-order chi connectivity index (χ0) is 11.3. The number of methoxy groups -OCH3 is 1. The molecule has 0 aliphatic heterocycles. The highest BCUT2D eigenvalue weighted by molar-refractivity contribution is 8.03. The molecule has 1 aromatic rings. The Morgan fingerprint density at radius 1 is 1.60 bits per heavy atom. The smallest absolute Gasteiger partial charge is 0.221 e. The molecule has 1 N–H and O–H groups in total. The predicted molar refractivity (Wildman–Crippen MR) is 58.8 cm³/mol. The number of amides is 1. The summed E-state index contributed by atoms with van der Waals surface area (Å²) in [5.74, 6) is 0.388. The number of carbonyl (C=O) groups is 1. The number of anilines is 1. The van der Waals surface area contributed by atoms with E-state index in [0.29, 0.717) is 11.4 Å². The zero-order valence-corrected chi connectivity index (χ0v) is 9.22. The molecule has 1 amide bonds. The molecule has 0 saturated carbocycles. The molecular formula is C10H10N2O2S. The van der Waals surface area contributed by atoms with E-state index in [4.69, 9.17) is 10.00 Å². The summed E-state index contributed by atoms with van der Waals surface area (Å²) >= 11 is 1.05. The maximum Gasteiger partial charge on any atom is 0.221 e. The van der Waals surface area contributed by atoms with Crippen LogP contribution < -0.4 is 10.1 Å². The second-order valence-electron chi connectivity index (χ2n) is 2.74. The molecule has 0 fully saturated rings. The number of hydrogen-bond donors (Lipinski definition) is 1. The van der Waals surface area contributed by atoms with E-state index >= 15 is 0 Å². The van der Waals surface area contributed by atoms with Crippen molar-refractivity contribution in [2.24, 2.45) is 0 Å². The first-order valence-electron chi connectivity index (χ1n) is 4.19. The van der Waals surface area contributed by atoms with E-state index in [9.17, 15) is 4.79 Å². The van der Waals surface area contributed by atoms with Crippen molar-refractivity contribution in [3.8, 4) is 11.2 Å². The summed E-state index contributed by atoms with van der Waals surface area (Å²) in [5.41, 5.74) is 0.604. The average Bonchev–Trinajstić information content (AvgIpc) is 2.20. The molecule has 0 aromatic heterocycles. The van der Waals surface area contributed by atoms with Gasteiger partial charge in [-0.2, -0.15) is 5.26 Å². The van der Waals surface area contributed by atoms with Gasteiger partial charge in [-0.15, -0.1) is 0 Å². The summed E-state index contributed by atoms with van der Waals surface area (Å²) in [6.07, 6.45) is 0. The number of ether oxygens (including phenoxy) is 1. The van der Waals surface area contributed by atoms with Gasteiger partial charge in [0.2, 0.25) is 5.91 Å². The van der Waals surface area contributed by atoms with E-state index in [1.807, 2.05) is 5.40 Å². The summed E-state index contributed by atoms with van der Waals surface area (Å²) in [7, 11) is 1.52. The Morgan fingerprint density at radius 2 is 2.33 bits per heavy atom. The molecule has 0 radical (unpaired) electrons. The summed E-state index contributed by atoms with van der Waals surface area (Å²) in [4.78, 5) is 11.6. The molecule has 0 unspecified atom stereocenters. The molecule has 0 bridgehead atoms. The van der Waals surface area contributed by atoms with E-state index in [0.717, 1.165) is 16.7 Å². The maximum absolute atomic E-state index is 10.9. The fraction of sp³-hybridized carbons (Fsp3) is 0.200. The molecule has 1 aromatic carbocycles. The van der Waals surface area contributed by atoms with Crippen LogP contribution in [-0.4, -0.2) is 13.0 Å². The highest BCUT2D eigenvalue weighted by Crippen LogP contribution is 2.29. The zero-order valence-electron chi connectivity index (χ0n) is 8.40. The SMILES string of the molecule is COc1cc(SC#N)ccc1NC(C)=O. The van der Waals surface area contributed by atoms with Gasteiger partial charge in [0.05, 0.1) is 12.8 Å². The molecule has 78 valence electrons. The normalized spacial score (nSPS) is 9.13. The topological polar surface area (TPSA) is 62.1 Å². The van der Waals surface area contributed by atoms with Gasteiger partial charge in [0.1, 0.15) is 11.2 Å². The molecule has 0 aliphatic carbocycles. The first kappa shape index (κ1) is 11.4. The Kier molecular flexibility index (Phi) is 4.01. The number of nitriles is 1. The highest BCUT2D eigenvalue weighted by Gasteiger charge is 2.05. The number of nitrogens with one attached hydrogen (secondary N) is 1. The van der Waals surface area contributed by atoms with Crippen molar-refractivity contribution in [1.82, 2.24) is 0 Å². The van der Waals surface area contributed by atoms with Crippen LogP contribution in [0.3, 0.4) is 0 Å². The monoisotopic (exact) mass is 222 g/mol. The number of thioether (sulfide) groups is 1. The Bertz CT molecular complexity index is 412. The van der Waals surface area contributed by atoms with E-state index in [2.05, 4.69) is 5.32 Å². The van der Waals surface area contributed by atoms with Gasteiger partial charge in [-0.3, -0.25) is 4.79 Å². The van der Waals surface area contributed by atoms with Crippen molar-refractivity contribution in [3.63, 3.8) is 0 Å². The van der Waals surface area contributed by atoms with Gasteiger partial charge in [-0.25, -0.2) is 0 Å². The number of carbonyl (C=O) groups excluding carboxylic acids is 1. The van der Waals surface area contributed by atoms with Crippen LogP contribution in [0, 0.1) is 10.7 Å². The molecule has 0 heterocycles. The lowest BCUT2D eigenvalue weighted by molar-refractivity contribution is -0.114. The third kappa shape index (κ3) is 3.18. The van der Waals surface area contributed by atoms with E-state index in [1.54, 1.807) is 18.2 Å². The summed E-state index contributed by atoms with van der Waals surface area (Å²) in [5, 5.41) is 13.1. The molecule has 0 saturated heterocycles. The number of rotatable bonds is 3. The third-order valence-electron chi connectivity index (χ3n) is 1.65. The second kappa shape index (κ2) is 5.27. The van der Waals surface area contributed by atoms with Crippen LogP contribution in [0.4, 0.5) is 5.69 Å². The van der Waals surface area contributed by atoms with Crippen LogP contribution in [0.1, 0.15) is 6.92 Å². The van der Waals surface area contributed by atoms with Gasteiger partial charge >= 0.3 is 0 Å². The second-order valence-corrected chi connectivity index (χ2v) is 3.59. The van der Waals surface area contributed by atoms with Crippen molar-refractivity contribution < 1.29 is 9.53 Å². The minimum Gasteiger partial charge on any atom is -0.495 e. The van der Waals surface area contributed by atoms with Crippen LogP contribution in [0.25, 0.3) is 0 Å². The Hall–Kier alpha value is -1.67. The molecule has 5 heteroatoms. The molecule has 0 aliphatic rings. The fourth-order valence-corrected chi connectivity index (χ4v) is 1.49. The minimum atomic E-state index is -0.158. The fourth-order valence-electron chi connectivity index (χ4n) is 1.08. The lowest BCUT2D eigenvalue weighted by atomic mass is 10.3. The molecule has 4 nitrogen and oxygen atoms in total. The minimum absolute atomic E-state index is 0.158. The lowest BCUT2D eigenvalue weighted by Gasteiger charge is -2.09. The van der Waals surface area contributed by atoms with Gasteiger partial charge in [-0.05, 0) is 30.0 Å². The van der Waals surface area contributed by atoms with Crippen molar-refractivity contribution in [2.45, 2.75) is 11.8 Å². The van der Waals surface area contributed by atoms with Gasteiger partial charge < -0.3 is 10.1 Å². The van der Waals surface area contributed by atoms with Gasteiger partial charge in [0.15, 0.2) is 0 Å². The Morgan fingerprint density at radius 3 is 2.87 bits per heavy atom. The largest absolute Gasteiger partial charge is 0.495 e. The van der Waals surface area contributed by atoms with Crippen molar-refractivity contribution in [1.29, 1.82) is 5.26 Å². The maximum atomic E-state index is 10.9. The van der Waals surface area contributed by atoms with Gasteiger partial charge in [0.25, 0.3) is 0 Å². The number of hydrogen-bond acceptors (Lipinski definition) is 4. The molecular weight excluding hydrogens is 212 g/mol. The Balaban J connectivity index is 2.99. The van der Waals surface area contributed by atoms with Crippen LogP contribution in [0.15, 0.2) is 23.1 Å². The standard InChI is InChI=1S/C10H10N2O2S/c1-7(13)12-9-4-3-8(15-6-11)5-10(9)14-2/h3-5H,1-2H3,(H,12,13). The summed E-state index contributed by atoms with van der Waals surface area (Å²) in [6, 6.07) is 5.17. The van der Waals surface area contributed by atoms with E-state index in [-0.39, 0.29) is 5.91 Å². The number of nitrogens with zero attached hydrogens (tertiary/aromatic N) is 1. The van der Waals surface area contributed by atoms with Crippen molar-refractivity contribution in [3.05, 3.63) is 18.2 Å². The highest BCUT2D eigenvalue weighted by atomic mass is 32.2. The molecule has 0 spiro atoms. The Labute approximate surface area is 92.2 Å². The lowest BCUT2D eigenvalue weighted by Crippen LogP contribution is -2.06. The summed E-state index contributed by atoms with van der Waals surface area (Å²) in [6.45, 7) is 1.43. The van der Waals surface area contributed by atoms with Crippen LogP contribution in [-0.2, 0) is 4.79 Å². The van der Waals surface area contributed by atoms with Crippen LogP contribution >= 0.6 is 11.8 Å². The van der Waals surface area contributed by atoms with Gasteiger partial charge in [0, 0.05) is 11.8 Å². The van der Waals surface area contributed by atoms with Gasteiger partial charge in [-0.1, -0.05) is 0 Å². The molecule has 1 rings (SSSR count).